The Kier molecular flexibility index (Phi) is 15.4. The number of ether oxygens (including phenoxy) is 1. The Hall–Kier alpha value is -1.49. The fourth-order valence-electron chi connectivity index (χ4n) is 2.13. The van der Waals surface area contributed by atoms with Gasteiger partial charge in [-0.05, 0) is 19.3 Å². The van der Waals surface area contributed by atoms with E-state index in [1.54, 1.807) is 0 Å². The summed E-state index contributed by atoms with van der Waals surface area (Å²) >= 11 is 0. The van der Waals surface area contributed by atoms with Crippen LogP contribution in [0.5, 0.6) is 0 Å². The number of carbonyl (C=O) groups is 1. The number of methoxy groups -OCH3 is 1. The molecule has 0 aromatic carbocycles. The molecule has 24 heavy (non-hydrogen) atoms. The van der Waals surface area contributed by atoms with Gasteiger partial charge < -0.3 is 14.9 Å². The van der Waals surface area contributed by atoms with Crippen LogP contribution in [0.2, 0.25) is 0 Å². The highest BCUT2D eigenvalue weighted by atomic mass is 16.5. The average Bonchev–Trinajstić information content (AvgIpc) is 2.60. The van der Waals surface area contributed by atoms with Gasteiger partial charge in [-0.1, -0.05) is 50.4 Å². The van der Waals surface area contributed by atoms with E-state index in [0.29, 0.717) is 25.7 Å². The van der Waals surface area contributed by atoms with Crippen molar-refractivity contribution in [3.8, 4) is 23.7 Å². The van der Waals surface area contributed by atoms with Crippen LogP contribution in [-0.4, -0.2) is 35.5 Å². The molecule has 0 aliphatic rings. The van der Waals surface area contributed by atoms with Crippen molar-refractivity contribution in [2.45, 2.75) is 89.8 Å². The van der Waals surface area contributed by atoms with Crippen molar-refractivity contribution < 1.29 is 19.7 Å². The maximum atomic E-state index is 10.9. The summed E-state index contributed by atoms with van der Waals surface area (Å²) < 4.78 is 4.60. The summed E-state index contributed by atoms with van der Waals surface area (Å²) in [5.41, 5.74) is 0. The molecule has 2 N–H and O–H groups in total. The highest BCUT2D eigenvalue weighted by molar-refractivity contribution is 5.68. The third-order valence-electron chi connectivity index (χ3n) is 3.76. The molecule has 0 bridgehead atoms. The summed E-state index contributed by atoms with van der Waals surface area (Å²) in [6, 6.07) is 0. The molecule has 4 nitrogen and oxygen atoms in total. The molecular formula is C20H32O4. The molecule has 0 rings (SSSR count). The first kappa shape index (κ1) is 22.5. The Morgan fingerprint density at radius 2 is 1.54 bits per heavy atom. The van der Waals surface area contributed by atoms with E-state index in [0.717, 1.165) is 32.1 Å². The maximum Gasteiger partial charge on any atom is 0.305 e. The van der Waals surface area contributed by atoms with E-state index in [1.807, 2.05) is 6.92 Å². The highest BCUT2D eigenvalue weighted by Gasteiger charge is 2.11. The Balaban J connectivity index is 3.45. The van der Waals surface area contributed by atoms with Crippen molar-refractivity contribution in [3.63, 3.8) is 0 Å². The summed E-state index contributed by atoms with van der Waals surface area (Å²) in [7, 11) is 1.43. The summed E-state index contributed by atoms with van der Waals surface area (Å²) in [5.74, 6) is 11.7. The lowest BCUT2D eigenvalue weighted by molar-refractivity contribution is -0.140. The van der Waals surface area contributed by atoms with Gasteiger partial charge in [0.2, 0.25) is 0 Å². The Morgan fingerprint density at radius 3 is 2.21 bits per heavy atom. The van der Waals surface area contributed by atoms with E-state index >= 15 is 0 Å². The lowest BCUT2D eigenvalue weighted by atomic mass is 10.1. The summed E-state index contributed by atoms with van der Waals surface area (Å²) in [6.07, 6.45) is 7.90. The van der Waals surface area contributed by atoms with Gasteiger partial charge in [-0.3, -0.25) is 4.79 Å². The molecule has 0 fully saturated rings. The third-order valence-corrected chi connectivity index (χ3v) is 3.76. The largest absolute Gasteiger partial charge is 0.469 e. The maximum absolute atomic E-state index is 10.9. The standard InChI is InChI=1S/C20H32O4/c1-3-18(21)19(22)16-14-12-10-8-6-4-5-7-9-11-13-15-17-20(23)24-2/h18-19,21-22H,3-5,7,9-11,13,15-17H2,1-2H3/t18-,19-/m0/s1. The van der Waals surface area contributed by atoms with Crippen LogP contribution in [0.4, 0.5) is 0 Å². The second-order valence-electron chi connectivity index (χ2n) is 5.83. The monoisotopic (exact) mass is 336 g/mol. The second-order valence-corrected chi connectivity index (χ2v) is 5.83. The van der Waals surface area contributed by atoms with Crippen molar-refractivity contribution in [3.05, 3.63) is 0 Å². The lowest BCUT2D eigenvalue weighted by Crippen LogP contribution is -2.24. The van der Waals surface area contributed by atoms with Gasteiger partial charge in [0.25, 0.3) is 0 Å². The van der Waals surface area contributed by atoms with Gasteiger partial charge in [0.1, 0.15) is 0 Å². The Bertz CT molecular complexity index is 436. The summed E-state index contributed by atoms with van der Waals surface area (Å²) in [4.78, 5) is 10.9. The predicted octanol–water partition coefficient (Wildman–Crippen LogP) is 3.20. The zero-order valence-electron chi connectivity index (χ0n) is 15.1. The van der Waals surface area contributed by atoms with Crippen molar-refractivity contribution in [1.29, 1.82) is 0 Å². The normalized spacial score (nSPS) is 12.3. The van der Waals surface area contributed by atoms with E-state index in [-0.39, 0.29) is 5.97 Å². The first-order valence-electron chi connectivity index (χ1n) is 8.96. The molecule has 0 aromatic heterocycles. The van der Waals surface area contributed by atoms with Crippen molar-refractivity contribution in [1.82, 2.24) is 0 Å². The van der Waals surface area contributed by atoms with E-state index in [1.165, 1.54) is 20.0 Å². The van der Waals surface area contributed by atoms with E-state index < -0.39 is 12.2 Å². The molecule has 0 saturated heterocycles. The van der Waals surface area contributed by atoms with Crippen LogP contribution in [0, 0.1) is 23.7 Å². The van der Waals surface area contributed by atoms with Crippen LogP contribution >= 0.6 is 0 Å². The van der Waals surface area contributed by atoms with E-state index in [9.17, 15) is 15.0 Å². The Morgan fingerprint density at radius 1 is 0.917 bits per heavy atom. The van der Waals surface area contributed by atoms with Gasteiger partial charge >= 0.3 is 5.97 Å². The number of rotatable bonds is 11. The number of hydrogen-bond donors (Lipinski definition) is 2. The minimum atomic E-state index is -0.761. The summed E-state index contributed by atoms with van der Waals surface area (Å²) in [6.45, 7) is 1.83. The fourth-order valence-corrected chi connectivity index (χ4v) is 2.13. The van der Waals surface area contributed by atoms with Crippen molar-refractivity contribution in [2.75, 3.05) is 7.11 Å². The second kappa shape index (κ2) is 16.4. The molecular weight excluding hydrogens is 304 g/mol. The number of carbonyl (C=O) groups excluding carboxylic acids is 1. The zero-order chi connectivity index (χ0) is 18.0. The van der Waals surface area contributed by atoms with Gasteiger partial charge in [0.05, 0.1) is 25.7 Å². The highest BCUT2D eigenvalue weighted by Crippen LogP contribution is 2.08. The zero-order valence-corrected chi connectivity index (χ0v) is 15.1. The van der Waals surface area contributed by atoms with Gasteiger partial charge in [0, 0.05) is 19.3 Å². The van der Waals surface area contributed by atoms with Crippen LogP contribution in [0.1, 0.15) is 77.6 Å². The number of esters is 1. The van der Waals surface area contributed by atoms with Crippen molar-refractivity contribution >= 4 is 5.97 Å². The molecule has 136 valence electrons. The molecule has 2 atom stereocenters. The first-order chi connectivity index (χ1) is 11.6. The lowest BCUT2D eigenvalue weighted by Gasteiger charge is -2.12. The van der Waals surface area contributed by atoms with Crippen LogP contribution in [0.25, 0.3) is 0 Å². The van der Waals surface area contributed by atoms with Gasteiger partial charge in [0.15, 0.2) is 0 Å². The SMILES string of the molecule is CC[C@H](O)[C@@H](O)CC#CCC#CCCCCCCCCC(=O)OC. The Labute approximate surface area is 147 Å². The summed E-state index contributed by atoms with van der Waals surface area (Å²) in [5, 5.41) is 18.9. The quantitative estimate of drug-likeness (QED) is 0.345. The minimum absolute atomic E-state index is 0.121. The smallest absolute Gasteiger partial charge is 0.305 e. The first-order valence-corrected chi connectivity index (χ1v) is 8.96. The predicted molar refractivity (Wildman–Crippen MR) is 96.0 cm³/mol. The molecule has 0 amide bonds. The van der Waals surface area contributed by atoms with Gasteiger partial charge in [-0.15, -0.1) is 5.92 Å². The molecule has 0 aliphatic carbocycles. The van der Waals surface area contributed by atoms with Crippen LogP contribution in [0.15, 0.2) is 0 Å². The van der Waals surface area contributed by atoms with E-state index in [2.05, 4.69) is 28.4 Å². The van der Waals surface area contributed by atoms with Crippen LogP contribution in [-0.2, 0) is 9.53 Å². The molecule has 0 aliphatic heterocycles. The molecule has 0 spiro atoms. The molecule has 0 saturated carbocycles. The molecule has 0 unspecified atom stereocenters. The molecule has 0 aromatic rings. The molecule has 0 radical (unpaired) electrons. The molecule has 0 heterocycles. The molecule has 4 heteroatoms. The average molecular weight is 336 g/mol. The minimum Gasteiger partial charge on any atom is -0.469 e. The van der Waals surface area contributed by atoms with Crippen LogP contribution in [0.3, 0.4) is 0 Å². The number of unbranched alkanes of at least 4 members (excludes halogenated alkanes) is 6. The number of aliphatic hydroxyl groups excluding tert-OH is 2. The van der Waals surface area contributed by atoms with E-state index in [4.69, 9.17) is 0 Å². The third kappa shape index (κ3) is 14.1. The van der Waals surface area contributed by atoms with Gasteiger partial charge in [-0.25, -0.2) is 0 Å². The number of aliphatic hydroxyl groups is 2. The van der Waals surface area contributed by atoms with Crippen molar-refractivity contribution in [2.24, 2.45) is 0 Å². The van der Waals surface area contributed by atoms with Crippen LogP contribution < -0.4 is 0 Å². The topological polar surface area (TPSA) is 66.8 Å². The number of hydrogen-bond acceptors (Lipinski definition) is 4. The van der Waals surface area contributed by atoms with Gasteiger partial charge in [-0.2, -0.15) is 0 Å². The fraction of sp³-hybridized carbons (Fsp3) is 0.750.